The van der Waals surface area contributed by atoms with Crippen molar-refractivity contribution in [3.8, 4) is 11.5 Å². The Kier molecular flexibility index (Phi) is 4.03. The molecular weight excluding hydrogens is 303 g/mol. The van der Waals surface area contributed by atoms with Gasteiger partial charge in [0.2, 0.25) is 0 Å². The lowest BCUT2D eigenvalue weighted by molar-refractivity contribution is 0.0508. The number of carbonyl (C=O) groups is 1. The van der Waals surface area contributed by atoms with E-state index in [1.54, 1.807) is 6.92 Å². The van der Waals surface area contributed by atoms with Gasteiger partial charge in [-0.25, -0.2) is 17.6 Å². The molecule has 0 unspecified atom stereocenters. The van der Waals surface area contributed by atoms with E-state index >= 15 is 0 Å². The Bertz CT molecular complexity index is 785. The number of ether oxygens (including phenoxy) is 1. The van der Waals surface area contributed by atoms with Crippen LogP contribution < -0.4 is 0 Å². The molecular formula is C12H11FN2O5S. The molecule has 0 radical (unpaired) electrons. The number of hydrogen-bond acceptors (Lipinski definition) is 7. The van der Waals surface area contributed by atoms with E-state index in [4.69, 9.17) is 4.52 Å². The molecule has 1 aromatic heterocycles. The first kappa shape index (κ1) is 15.1. The van der Waals surface area contributed by atoms with Gasteiger partial charge in [0.25, 0.3) is 11.7 Å². The van der Waals surface area contributed by atoms with Crippen molar-refractivity contribution in [2.24, 2.45) is 0 Å². The van der Waals surface area contributed by atoms with Crippen molar-refractivity contribution in [2.75, 3.05) is 12.9 Å². The number of sulfone groups is 1. The number of esters is 1. The molecule has 0 atom stereocenters. The monoisotopic (exact) mass is 314 g/mol. The third-order valence-electron chi connectivity index (χ3n) is 2.48. The SMILES string of the molecule is CCOC(=O)c1noc(-c2ccc(S(C)(=O)=O)cc2F)n1. The minimum Gasteiger partial charge on any atom is -0.460 e. The summed E-state index contributed by atoms with van der Waals surface area (Å²) in [6, 6.07) is 3.25. The highest BCUT2D eigenvalue weighted by Gasteiger charge is 2.20. The summed E-state index contributed by atoms with van der Waals surface area (Å²) in [5.41, 5.74) is -0.106. The summed E-state index contributed by atoms with van der Waals surface area (Å²) in [7, 11) is -3.52. The van der Waals surface area contributed by atoms with Crippen LogP contribution in [0.3, 0.4) is 0 Å². The minimum absolute atomic E-state index is 0.106. The number of hydrogen-bond donors (Lipinski definition) is 0. The Balaban J connectivity index is 2.37. The van der Waals surface area contributed by atoms with Crippen LogP contribution in [0.2, 0.25) is 0 Å². The van der Waals surface area contributed by atoms with Gasteiger partial charge in [0, 0.05) is 6.26 Å². The molecule has 0 amide bonds. The van der Waals surface area contributed by atoms with Crippen LogP contribution in [0.25, 0.3) is 11.5 Å². The number of halogens is 1. The topological polar surface area (TPSA) is 99.4 Å². The van der Waals surface area contributed by atoms with E-state index in [1.165, 1.54) is 12.1 Å². The zero-order chi connectivity index (χ0) is 15.6. The second-order valence-corrected chi connectivity index (χ2v) is 6.07. The smallest absolute Gasteiger partial charge is 0.379 e. The summed E-state index contributed by atoms with van der Waals surface area (Å²) in [5, 5.41) is 3.38. The highest BCUT2D eigenvalue weighted by atomic mass is 32.2. The summed E-state index contributed by atoms with van der Waals surface area (Å²) in [6.07, 6.45) is 0.965. The average Bonchev–Trinajstić information content (AvgIpc) is 2.87. The number of carbonyl (C=O) groups excluding carboxylic acids is 1. The Morgan fingerprint density at radius 3 is 2.71 bits per heavy atom. The predicted octanol–water partition coefficient (Wildman–Crippen LogP) is 1.46. The van der Waals surface area contributed by atoms with Gasteiger partial charge in [-0.3, -0.25) is 0 Å². The molecule has 1 aromatic carbocycles. The van der Waals surface area contributed by atoms with Crippen LogP contribution in [-0.4, -0.2) is 37.4 Å². The van der Waals surface area contributed by atoms with Crippen molar-refractivity contribution in [3.05, 3.63) is 29.8 Å². The first-order chi connectivity index (χ1) is 9.82. The second-order valence-electron chi connectivity index (χ2n) is 4.06. The van der Waals surface area contributed by atoms with E-state index < -0.39 is 21.6 Å². The lowest BCUT2D eigenvalue weighted by Crippen LogP contribution is -2.06. The van der Waals surface area contributed by atoms with E-state index in [-0.39, 0.29) is 28.8 Å². The Labute approximate surface area is 119 Å². The van der Waals surface area contributed by atoms with Gasteiger partial charge >= 0.3 is 5.97 Å². The van der Waals surface area contributed by atoms with Gasteiger partial charge in [0.15, 0.2) is 9.84 Å². The average molecular weight is 314 g/mol. The fraction of sp³-hybridized carbons (Fsp3) is 0.250. The molecule has 1 heterocycles. The van der Waals surface area contributed by atoms with Crippen LogP contribution in [0.1, 0.15) is 17.5 Å². The predicted molar refractivity (Wildman–Crippen MR) is 68.8 cm³/mol. The minimum atomic E-state index is -3.52. The maximum absolute atomic E-state index is 13.9. The molecule has 112 valence electrons. The Hall–Kier alpha value is -2.29. The van der Waals surface area contributed by atoms with E-state index in [0.717, 1.165) is 12.3 Å². The third kappa shape index (κ3) is 3.24. The summed E-state index contributed by atoms with van der Waals surface area (Å²) in [6.45, 7) is 1.75. The van der Waals surface area contributed by atoms with Gasteiger partial charge < -0.3 is 9.26 Å². The van der Waals surface area contributed by atoms with Crippen LogP contribution in [0.4, 0.5) is 4.39 Å². The number of nitrogens with zero attached hydrogens (tertiary/aromatic N) is 2. The standard InChI is InChI=1S/C12H11FN2O5S/c1-3-19-12(16)10-14-11(20-15-10)8-5-4-7(6-9(8)13)21(2,17)18/h4-6H,3H2,1-2H3. The van der Waals surface area contributed by atoms with Gasteiger partial charge in [-0.2, -0.15) is 4.98 Å². The lowest BCUT2D eigenvalue weighted by atomic mass is 10.2. The normalized spacial score (nSPS) is 11.4. The van der Waals surface area contributed by atoms with Crippen LogP contribution in [0.5, 0.6) is 0 Å². The van der Waals surface area contributed by atoms with Crippen molar-refractivity contribution < 1.29 is 26.9 Å². The van der Waals surface area contributed by atoms with Crippen molar-refractivity contribution >= 4 is 15.8 Å². The molecule has 0 aliphatic heterocycles. The molecule has 2 rings (SSSR count). The summed E-state index contributed by atoms with van der Waals surface area (Å²) in [5.74, 6) is -2.22. The molecule has 0 saturated carbocycles. The molecule has 0 fully saturated rings. The molecule has 0 aliphatic rings. The second kappa shape index (κ2) is 5.60. The summed E-state index contributed by atoms with van der Waals surface area (Å²) < 4.78 is 46.0. The first-order valence-corrected chi connectivity index (χ1v) is 7.73. The highest BCUT2D eigenvalue weighted by Crippen LogP contribution is 2.23. The van der Waals surface area contributed by atoms with Gasteiger partial charge in [0.05, 0.1) is 17.1 Å². The molecule has 0 bridgehead atoms. The van der Waals surface area contributed by atoms with E-state index in [0.29, 0.717) is 0 Å². The van der Waals surface area contributed by atoms with Crippen LogP contribution in [0.15, 0.2) is 27.6 Å². The number of benzene rings is 1. The third-order valence-corrected chi connectivity index (χ3v) is 3.59. The zero-order valence-electron chi connectivity index (χ0n) is 11.2. The molecule has 0 spiro atoms. The molecule has 7 nitrogen and oxygen atoms in total. The van der Waals surface area contributed by atoms with Crippen molar-refractivity contribution in [1.82, 2.24) is 10.1 Å². The van der Waals surface area contributed by atoms with Crippen molar-refractivity contribution in [3.63, 3.8) is 0 Å². The van der Waals surface area contributed by atoms with Gasteiger partial charge in [-0.05, 0) is 30.3 Å². The maximum Gasteiger partial charge on any atom is 0.379 e. The highest BCUT2D eigenvalue weighted by molar-refractivity contribution is 7.90. The maximum atomic E-state index is 13.9. The van der Waals surface area contributed by atoms with E-state index in [1.807, 2.05) is 0 Å². The quantitative estimate of drug-likeness (QED) is 0.787. The van der Waals surface area contributed by atoms with E-state index in [2.05, 4.69) is 14.9 Å². The summed E-state index contributed by atoms with van der Waals surface area (Å²) in [4.78, 5) is 14.9. The fourth-order valence-corrected chi connectivity index (χ4v) is 2.14. The van der Waals surface area contributed by atoms with Gasteiger partial charge in [-0.15, -0.1) is 0 Å². The van der Waals surface area contributed by atoms with Crippen molar-refractivity contribution in [1.29, 1.82) is 0 Å². The van der Waals surface area contributed by atoms with Crippen molar-refractivity contribution in [2.45, 2.75) is 11.8 Å². The van der Waals surface area contributed by atoms with Crippen LogP contribution in [-0.2, 0) is 14.6 Å². The lowest BCUT2D eigenvalue weighted by Gasteiger charge is -2.01. The molecule has 9 heteroatoms. The van der Waals surface area contributed by atoms with Crippen LogP contribution in [0, 0.1) is 5.82 Å². The largest absolute Gasteiger partial charge is 0.460 e. The Morgan fingerprint density at radius 2 is 2.14 bits per heavy atom. The molecule has 2 aromatic rings. The number of aromatic nitrogens is 2. The van der Waals surface area contributed by atoms with E-state index in [9.17, 15) is 17.6 Å². The molecule has 0 aliphatic carbocycles. The van der Waals surface area contributed by atoms with Gasteiger partial charge in [0.1, 0.15) is 5.82 Å². The van der Waals surface area contributed by atoms with Crippen LogP contribution >= 0.6 is 0 Å². The summed E-state index contributed by atoms with van der Waals surface area (Å²) >= 11 is 0. The molecule has 0 N–H and O–H groups in total. The Morgan fingerprint density at radius 1 is 1.43 bits per heavy atom. The van der Waals surface area contributed by atoms with Gasteiger partial charge in [-0.1, -0.05) is 0 Å². The molecule has 21 heavy (non-hydrogen) atoms. The zero-order valence-corrected chi connectivity index (χ0v) is 12.0. The molecule has 0 saturated heterocycles. The number of rotatable bonds is 4. The fourth-order valence-electron chi connectivity index (χ4n) is 1.51. The first-order valence-electron chi connectivity index (χ1n) is 5.83.